The molecule has 0 saturated heterocycles. The van der Waals surface area contributed by atoms with Crippen LogP contribution in [0.2, 0.25) is 0 Å². The summed E-state index contributed by atoms with van der Waals surface area (Å²) in [6.07, 6.45) is 8.89. The lowest BCUT2D eigenvalue weighted by Crippen LogP contribution is -2.29. The van der Waals surface area contributed by atoms with Crippen LogP contribution in [0.3, 0.4) is 0 Å². The molecule has 1 aromatic heterocycles. The van der Waals surface area contributed by atoms with E-state index >= 15 is 0 Å². The third-order valence-electron chi connectivity index (χ3n) is 4.38. The van der Waals surface area contributed by atoms with Crippen molar-refractivity contribution in [3.63, 3.8) is 0 Å². The third kappa shape index (κ3) is 3.38. The fraction of sp³-hybridized carbons (Fsp3) is 0.444. The van der Waals surface area contributed by atoms with Crippen molar-refractivity contribution >= 4 is 11.6 Å². The van der Waals surface area contributed by atoms with Gasteiger partial charge in [-0.05, 0) is 37.0 Å². The van der Waals surface area contributed by atoms with E-state index in [1.807, 2.05) is 24.7 Å². The zero-order chi connectivity index (χ0) is 15.4. The van der Waals surface area contributed by atoms with E-state index in [1.54, 1.807) is 0 Å². The predicted octanol–water partition coefficient (Wildman–Crippen LogP) is 3.43. The Labute approximate surface area is 131 Å². The van der Waals surface area contributed by atoms with Gasteiger partial charge in [0.25, 0.3) is 0 Å². The van der Waals surface area contributed by atoms with Gasteiger partial charge in [0.05, 0.1) is 6.33 Å². The minimum Gasteiger partial charge on any atom is -0.335 e. The molecule has 1 atom stereocenters. The van der Waals surface area contributed by atoms with Gasteiger partial charge in [-0.2, -0.15) is 0 Å². The lowest BCUT2D eigenvalue weighted by atomic mass is 9.95. The topological polar surface area (TPSA) is 46.9 Å². The number of fused-ring (bicyclic) bond motifs is 1. The molecule has 1 unspecified atom stereocenters. The van der Waals surface area contributed by atoms with Crippen molar-refractivity contribution in [3.8, 4) is 0 Å². The number of anilines is 1. The zero-order valence-electron chi connectivity index (χ0n) is 13.1. The molecule has 0 aliphatic carbocycles. The molecule has 4 nitrogen and oxygen atoms in total. The molecule has 0 saturated carbocycles. The van der Waals surface area contributed by atoms with E-state index in [0.717, 1.165) is 37.2 Å². The fourth-order valence-corrected chi connectivity index (χ4v) is 2.97. The van der Waals surface area contributed by atoms with Crippen LogP contribution in [0, 0.1) is 5.92 Å². The van der Waals surface area contributed by atoms with Crippen molar-refractivity contribution in [1.82, 2.24) is 9.55 Å². The number of nitrogens with zero attached hydrogens (tertiary/aromatic N) is 2. The highest BCUT2D eigenvalue weighted by Crippen LogP contribution is 2.22. The minimum absolute atomic E-state index is 0.0453. The van der Waals surface area contributed by atoms with Gasteiger partial charge in [0.2, 0.25) is 5.91 Å². The summed E-state index contributed by atoms with van der Waals surface area (Å²) >= 11 is 0. The average Bonchev–Trinajstić information content (AvgIpc) is 3.01. The van der Waals surface area contributed by atoms with Crippen LogP contribution in [0.1, 0.15) is 37.4 Å². The summed E-state index contributed by atoms with van der Waals surface area (Å²) in [5.41, 5.74) is 3.38. The van der Waals surface area contributed by atoms with Crippen molar-refractivity contribution in [2.45, 2.75) is 45.6 Å². The van der Waals surface area contributed by atoms with Gasteiger partial charge in [-0.1, -0.05) is 25.5 Å². The molecule has 0 radical (unpaired) electrons. The molecule has 22 heavy (non-hydrogen) atoms. The number of aryl methyl sites for hydroxylation is 2. The van der Waals surface area contributed by atoms with Crippen LogP contribution >= 0.6 is 0 Å². The molecular weight excluding hydrogens is 274 g/mol. The van der Waals surface area contributed by atoms with Gasteiger partial charge in [0.15, 0.2) is 0 Å². The van der Waals surface area contributed by atoms with E-state index in [-0.39, 0.29) is 11.8 Å². The third-order valence-corrected chi connectivity index (χ3v) is 4.38. The SMILES string of the molecule is CCCCc1ccc(NC(=O)C2CCn3cncc3C2)cc1. The Kier molecular flexibility index (Phi) is 4.56. The smallest absolute Gasteiger partial charge is 0.227 e. The Morgan fingerprint density at radius 3 is 2.95 bits per heavy atom. The van der Waals surface area contributed by atoms with Crippen LogP contribution in [0.15, 0.2) is 36.8 Å². The summed E-state index contributed by atoms with van der Waals surface area (Å²) in [7, 11) is 0. The van der Waals surface area contributed by atoms with Gasteiger partial charge in [0.1, 0.15) is 0 Å². The van der Waals surface area contributed by atoms with E-state index < -0.39 is 0 Å². The van der Waals surface area contributed by atoms with E-state index in [9.17, 15) is 4.79 Å². The largest absolute Gasteiger partial charge is 0.335 e. The second-order valence-corrected chi connectivity index (χ2v) is 6.06. The number of carbonyl (C=O) groups excluding carboxylic acids is 1. The molecule has 1 N–H and O–H groups in total. The van der Waals surface area contributed by atoms with Crippen molar-refractivity contribution < 1.29 is 4.79 Å². The Morgan fingerprint density at radius 2 is 2.18 bits per heavy atom. The predicted molar refractivity (Wildman–Crippen MR) is 87.7 cm³/mol. The first-order valence-corrected chi connectivity index (χ1v) is 8.15. The average molecular weight is 297 g/mol. The van der Waals surface area contributed by atoms with Gasteiger partial charge < -0.3 is 9.88 Å². The Balaban J connectivity index is 1.58. The first kappa shape index (κ1) is 14.8. The van der Waals surface area contributed by atoms with Crippen LogP contribution in [-0.4, -0.2) is 15.5 Å². The number of benzene rings is 1. The van der Waals surface area contributed by atoms with Gasteiger partial charge >= 0.3 is 0 Å². The van der Waals surface area contributed by atoms with Gasteiger partial charge in [-0.15, -0.1) is 0 Å². The highest BCUT2D eigenvalue weighted by Gasteiger charge is 2.24. The van der Waals surface area contributed by atoms with Crippen LogP contribution in [0.4, 0.5) is 5.69 Å². The van der Waals surface area contributed by atoms with E-state index in [2.05, 4.69) is 33.9 Å². The van der Waals surface area contributed by atoms with Crippen molar-refractivity contribution in [1.29, 1.82) is 0 Å². The maximum Gasteiger partial charge on any atom is 0.227 e. The summed E-state index contributed by atoms with van der Waals surface area (Å²) in [6.45, 7) is 3.08. The number of hydrogen-bond acceptors (Lipinski definition) is 2. The number of imidazole rings is 1. The number of unbranched alkanes of at least 4 members (excludes halogenated alkanes) is 1. The molecule has 3 rings (SSSR count). The molecule has 116 valence electrons. The molecule has 0 fully saturated rings. The second kappa shape index (κ2) is 6.77. The first-order chi connectivity index (χ1) is 10.8. The molecule has 1 amide bonds. The Bertz CT molecular complexity index is 630. The molecule has 0 bridgehead atoms. The summed E-state index contributed by atoms with van der Waals surface area (Å²) in [5, 5.41) is 3.05. The lowest BCUT2D eigenvalue weighted by molar-refractivity contribution is -0.120. The number of rotatable bonds is 5. The normalized spacial score (nSPS) is 17.0. The molecular formula is C18H23N3O. The number of nitrogens with one attached hydrogen (secondary N) is 1. The number of carbonyl (C=O) groups is 1. The van der Waals surface area contributed by atoms with Crippen molar-refractivity contribution in [2.24, 2.45) is 5.92 Å². The maximum absolute atomic E-state index is 12.4. The molecule has 2 aromatic rings. The van der Waals surface area contributed by atoms with Gasteiger partial charge in [-0.3, -0.25) is 4.79 Å². The monoisotopic (exact) mass is 297 g/mol. The Morgan fingerprint density at radius 1 is 1.36 bits per heavy atom. The number of aromatic nitrogens is 2. The molecule has 4 heteroatoms. The number of amides is 1. The highest BCUT2D eigenvalue weighted by molar-refractivity contribution is 5.92. The molecule has 2 heterocycles. The van der Waals surface area contributed by atoms with Gasteiger partial charge in [0, 0.05) is 36.5 Å². The van der Waals surface area contributed by atoms with Crippen molar-refractivity contribution in [3.05, 3.63) is 48.0 Å². The lowest BCUT2D eigenvalue weighted by Gasteiger charge is -2.23. The second-order valence-electron chi connectivity index (χ2n) is 6.06. The van der Waals surface area contributed by atoms with Crippen LogP contribution in [0.25, 0.3) is 0 Å². The van der Waals surface area contributed by atoms with E-state index in [0.29, 0.717) is 0 Å². The first-order valence-electron chi connectivity index (χ1n) is 8.15. The maximum atomic E-state index is 12.4. The quantitative estimate of drug-likeness (QED) is 0.919. The zero-order valence-corrected chi connectivity index (χ0v) is 13.1. The fourth-order valence-electron chi connectivity index (χ4n) is 2.97. The van der Waals surface area contributed by atoms with Gasteiger partial charge in [-0.25, -0.2) is 4.98 Å². The summed E-state index contributed by atoms with van der Waals surface area (Å²) in [5.74, 6) is 0.165. The van der Waals surface area contributed by atoms with E-state index in [4.69, 9.17) is 0 Å². The molecule has 1 aliphatic rings. The standard InChI is InChI=1S/C18H23N3O/c1-2-3-4-14-5-7-16(8-6-14)20-18(22)15-9-10-21-13-19-12-17(21)11-15/h5-8,12-13,15H,2-4,9-11H2,1H3,(H,20,22). The van der Waals surface area contributed by atoms with Crippen molar-refractivity contribution in [2.75, 3.05) is 5.32 Å². The summed E-state index contributed by atoms with van der Waals surface area (Å²) in [4.78, 5) is 16.6. The van der Waals surface area contributed by atoms with Crippen LogP contribution in [-0.2, 0) is 24.2 Å². The van der Waals surface area contributed by atoms with Crippen LogP contribution in [0.5, 0.6) is 0 Å². The minimum atomic E-state index is 0.0453. The van der Waals surface area contributed by atoms with E-state index in [1.165, 1.54) is 18.4 Å². The number of hydrogen-bond donors (Lipinski definition) is 1. The molecule has 1 aromatic carbocycles. The summed E-state index contributed by atoms with van der Waals surface area (Å²) in [6, 6.07) is 8.24. The Hall–Kier alpha value is -2.10. The highest BCUT2D eigenvalue weighted by atomic mass is 16.1. The summed E-state index contributed by atoms with van der Waals surface area (Å²) < 4.78 is 2.13. The molecule has 1 aliphatic heterocycles. The van der Waals surface area contributed by atoms with Crippen LogP contribution < -0.4 is 5.32 Å². The molecule has 0 spiro atoms.